The maximum Gasteiger partial charge on any atom is 0.314 e. The summed E-state index contributed by atoms with van der Waals surface area (Å²) in [5.74, 6) is -0.373. The van der Waals surface area contributed by atoms with E-state index in [-0.39, 0.29) is 17.9 Å². The third-order valence-corrected chi connectivity index (χ3v) is 4.98. The van der Waals surface area contributed by atoms with Crippen LogP contribution in [0.4, 0.5) is 4.79 Å². The van der Waals surface area contributed by atoms with Gasteiger partial charge >= 0.3 is 12.0 Å². The van der Waals surface area contributed by atoms with E-state index in [0.29, 0.717) is 24.4 Å². The first kappa shape index (κ1) is 15.1. The van der Waals surface area contributed by atoms with Gasteiger partial charge in [-0.25, -0.2) is 4.79 Å². The first-order chi connectivity index (χ1) is 9.40. The first-order valence-corrected chi connectivity index (χ1v) is 7.64. The number of hydrogen-bond acceptors (Lipinski definition) is 2. The van der Waals surface area contributed by atoms with Gasteiger partial charge in [0.05, 0.1) is 5.92 Å². The molecule has 3 atom stereocenters. The largest absolute Gasteiger partial charge is 0.481 e. The maximum atomic E-state index is 11.7. The lowest BCUT2D eigenvalue weighted by atomic mass is 9.79. The number of carbonyl (C=O) groups excluding carboxylic acids is 1. The lowest BCUT2D eigenvalue weighted by Gasteiger charge is -2.28. The molecule has 20 heavy (non-hydrogen) atoms. The number of amides is 2. The fourth-order valence-corrected chi connectivity index (χ4v) is 3.20. The Morgan fingerprint density at radius 2 is 1.75 bits per heavy atom. The van der Waals surface area contributed by atoms with Crippen molar-refractivity contribution >= 4 is 12.0 Å². The molecule has 3 N–H and O–H groups in total. The number of nitrogens with one attached hydrogen (secondary N) is 2. The lowest BCUT2D eigenvalue weighted by Crippen LogP contribution is -2.42. The second-order valence-corrected chi connectivity index (χ2v) is 6.97. The van der Waals surface area contributed by atoms with Gasteiger partial charge in [-0.15, -0.1) is 0 Å². The Kier molecular flexibility index (Phi) is 4.55. The molecule has 0 heterocycles. The quantitative estimate of drug-likeness (QED) is 0.723. The molecule has 114 valence electrons. The van der Waals surface area contributed by atoms with Gasteiger partial charge in [0.25, 0.3) is 0 Å². The normalized spacial score (nSPS) is 31.4. The molecule has 2 aliphatic rings. The van der Waals surface area contributed by atoms with Crippen molar-refractivity contribution in [1.82, 2.24) is 10.6 Å². The van der Waals surface area contributed by atoms with E-state index in [4.69, 9.17) is 0 Å². The van der Waals surface area contributed by atoms with E-state index in [1.54, 1.807) is 0 Å². The van der Waals surface area contributed by atoms with E-state index in [2.05, 4.69) is 24.5 Å². The van der Waals surface area contributed by atoms with E-state index in [1.807, 2.05) is 0 Å². The summed E-state index contributed by atoms with van der Waals surface area (Å²) in [4.78, 5) is 22.9. The van der Waals surface area contributed by atoms with Gasteiger partial charge in [0.15, 0.2) is 0 Å². The molecule has 0 aliphatic heterocycles. The summed E-state index contributed by atoms with van der Waals surface area (Å²) in [6.45, 7) is 5.59. The van der Waals surface area contributed by atoms with E-state index < -0.39 is 5.97 Å². The summed E-state index contributed by atoms with van der Waals surface area (Å²) in [7, 11) is 0. The number of rotatable bonds is 5. The zero-order valence-electron chi connectivity index (χ0n) is 12.4. The molecule has 0 aromatic rings. The minimum atomic E-state index is -0.725. The smallest absolute Gasteiger partial charge is 0.314 e. The minimum absolute atomic E-state index is 0.0735. The van der Waals surface area contributed by atoms with Crippen molar-refractivity contribution in [2.75, 3.05) is 13.1 Å². The summed E-state index contributed by atoms with van der Waals surface area (Å²) in [5, 5.41) is 14.9. The minimum Gasteiger partial charge on any atom is -0.481 e. The zero-order valence-corrected chi connectivity index (χ0v) is 12.4. The summed E-state index contributed by atoms with van der Waals surface area (Å²) < 4.78 is 0. The topological polar surface area (TPSA) is 78.4 Å². The molecule has 0 aromatic carbocycles. The van der Waals surface area contributed by atoms with Crippen molar-refractivity contribution in [2.24, 2.45) is 23.2 Å². The van der Waals surface area contributed by atoms with Gasteiger partial charge in [0, 0.05) is 13.1 Å². The summed E-state index contributed by atoms with van der Waals surface area (Å²) in [5.41, 5.74) is 0.366. The van der Waals surface area contributed by atoms with Crippen LogP contribution in [0.5, 0.6) is 0 Å². The molecule has 3 unspecified atom stereocenters. The Labute approximate surface area is 120 Å². The standard InChI is InChI=1S/C15H26N2O3/c1-15(2)7-11(15)9-17-14(20)16-8-10-5-3-4-6-12(10)13(18)19/h10-12H,3-9H2,1-2H3,(H,18,19)(H2,16,17,20). The number of carboxylic acid groups (broad SMARTS) is 1. The van der Waals surface area contributed by atoms with Gasteiger partial charge < -0.3 is 15.7 Å². The van der Waals surface area contributed by atoms with Crippen LogP contribution in [-0.4, -0.2) is 30.2 Å². The van der Waals surface area contributed by atoms with Gasteiger partial charge in [-0.3, -0.25) is 4.79 Å². The molecule has 0 aromatic heterocycles. The van der Waals surface area contributed by atoms with Crippen molar-refractivity contribution in [2.45, 2.75) is 46.0 Å². The average molecular weight is 282 g/mol. The van der Waals surface area contributed by atoms with Crippen molar-refractivity contribution < 1.29 is 14.7 Å². The van der Waals surface area contributed by atoms with Crippen LogP contribution in [0.2, 0.25) is 0 Å². The van der Waals surface area contributed by atoms with Gasteiger partial charge in [-0.1, -0.05) is 26.7 Å². The number of hydrogen-bond donors (Lipinski definition) is 3. The zero-order chi connectivity index (χ0) is 14.8. The van der Waals surface area contributed by atoms with E-state index >= 15 is 0 Å². The Hall–Kier alpha value is -1.26. The van der Waals surface area contributed by atoms with Crippen LogP contribution >= 0.6 is 0 Å². The summed E-state index contributed by atoms with van der Waals surface area (Å²) in [6.07, 6.45) is 4.84. The predicted molar refractivity (Wildman–Crippen MR) is 76.4 cm³/mol. The molecule has 5 nitrogen and oxygen atoms in total. The van der Waals surface area contributed by atoms with Gasteiger partial charge in [0.2, 0.25) is 0 Å². The fraction of sp³-hybridized carbons (Fsp3) is 0.867. The van der Waals surface area contributed by atoms with Crippen LogP contribution in [0.1, 0.15) is 46.0 Å². The van der Waals surface area contributed by atoms with E-state index in [1.165, 1.54) is 0 Å². The Bertz CT molecular complexity index is 381. The van der Waals surface area contributed by atoms with Crippen molar-refractivity contribution in [3.8, 4) is 0 Å². The molecule has 0 saturated heterocycles. The van der Waals surface area contributed by atoms with Crippen LogP contribution in [0, 0.1) is 23.2 Å². The molecular formula is C15H26N2O3. The molecule has 0 bridgehead atoms. The maximum absolute atomic E-state index is 11.7. The van der Waals surface area contributed by atoms with E-state index in [0.717, 1.165) is 32.1 Å². The highest BCUT2D eigenvalue weighted by molar-refractivity contribution is 5.74. The predicted octanol–water partition coefficient (Wildman–Crippen LogP) is 2.22. The van der Waals surface area contributed by atoms with Gasteiger partial charge in [0.1, 0.15) is 0 Å². The number of urea groups is 1. The highest BCUT2D eigenvalue weighted by Gasteiger charge is 2.45. The lowest BCUT2D eigenvalue weighted by molar-refractivity contribution is -0.144. The highest BCUT2D eigenvalue weighted by Crippen LogP contribution is 2.50. The molecule has 2 rings (SSSR count). The first-order valence-electron chi connectivity index (χ1n) is 7.64. The average Bonchev–Trinajstić information content (AvgIpc) is 3.02. The van der Waals surface area contributed by atoms with Crippen LogP contribution < -0.4 is 10.6 Å². The third kappa shape index (κ3) is 3.87. The third-order valence-electron chi connectivity index (χ3n) is 4.98. The Morgan fingerprint density at radius 3 is 2.35 bits per heavy atom. The molecular weight excluding hydrogens is 256 g/mol. The van der Waals surface area contributed by atoms with Crippen molar-refractivity contribution in [1.29, 1.82) is 0 Å². The Balaban J connectivity index is 1.68. The second kappa shape index (κ2) is 6.02. The van der Waals surface area contributed by atoms with Crippen LogP contribution in [-0.2, 0) is 4.79 Å². The van der Waals surface area contributed by atoms with Crippen LogP contribution in [0.3, 0.4) is 0 Å². The molecule has 2 amide bonds. The molecule has 2 fully saturated rings. The number of aliphatic carboxylic acids is 1. The number of carbonyl (C=O) groups is 2. The fourth-order valence-electron chi connectivity index (χ4n) is 3.20. The van der Waals surface area contributed by atoms with Gasteiger partial charge in [-0.05, 0) is 36.5 Å². The van der Waals surface area contributed by atoms with Gasteiger partial charge in [-0.2, -0.15) is 0 Å². The van der Waals surface area contributed by atoms with Crippen molar-refractivity contribution in [3.63, 3.8) is 0 Å². The monoisotopic (exact) mass is 282 g/mol. The molecule has 2 saturated carbocycles. The summed E-state index contributed by atoms with van der Waals surface area (Å²) >= 11 is 0. The number of carboxylic acids is 1. The Morgan fingerprint density at radius 1 is 1.15 bits per heavy atom. The molecule has 0 radical (unpaired) electrons. The van der Waals surface area contributed by atoms with Crippen molar-refractivity contribution in [3.05, 3.63) is 0 Å². The highest BCUT2D eigenvalue weighted by atomic mass is 16.4. The SMILES string of the molecule is CC1(C)CC1CNC(=O)NCC1CCCCC1C(=O)O. The molecule has 2 aliphatic carbocycles. The molecule has 5 heteroatoms. The second-order valence-electron chi connectivity index (χ2n) is 6.97. The van der Waals surface area contributed by atoms with E-state index in [9.17, 15) is 14.7 Å². The summed E-state index contributed by atoms with van der Waals surface area (Å²) in [6, 6.07) is -0.164. The molecule has 0 spiro atoms. The van der Waals surface area contributed by atoms with Crippen LogP contribution in [0.15, 0.2) is 0 Å². The van der Waals surface area contributed by atoms with Crippen LogP contribution in [0.25, 0.3) is 0 Å².